The Kier molecular flexibility index (Phi) is 6.60. The number of carbonyl (C=O) groups is 3. The first kappa shape index (κ1) is 24.9. The van der Waals surface area contributed by atoms with Crippen LogP contribution < -0.4 is 20.4 Å². The van der Waals surface area contributed by atoms with Crippen molar-refractivity contribution in [2.45, 2.75) is 44.6 Å². The molecule has 1 aliphatic heterocycles. The number of fused-ring (bicyclic) bond motifs is 1. The minimum atomic E-state index is -1.34. The first-order chi connectivity index (χ1) is 18.4. The Morgan fingerprint density at radius 3 is 2.03 bits per heavy atom. The van der Waals surface area contributed by atoms with Crippen LogP contribution in [0.4, 0.5) is 21.9 Å². The predicted molar refractivity (Wildman–Crippen MR) is 146 cm³/mol. The van der Waals surface area contributed by atoms with Crippen molar-refractivity contribution in [1.29, 1.82) is 0 Å². The Bertz CT molecular complexity index is 1180. The van der Waals surface area contributed by atoms with E-state index in [0.29, 0.717) is 24.5 Å². The third-order valence-corrected chi connectivity index (χ3v) is 8.97. The first-order valence-corrected chi connectivity index (χ1v) is 13.8. The Labute approximate surface area is 223 Å². The van der Waals surface area contributed by atoms with Gasteiger partial charge in [-0.15, -0.1) is 0 Å². The van der Waals surface area contributed by atoms with E-state index in [1.165, 1.54) is 19.3 Å². The maximum Gasteiger partial charge on any atom is 0.320 e. The normalized spacial score (nSPS) is 29.7. The van der Waals surface area contributed by atoms with Gasteiger partial charge in [0, 0.05) is 25.9 Å². The molecule has 4 fully saturated rings. The quantitative estimate of drug-likeness (QED) is 0.533. The molecule has 0 aromatic heterocycles. The molecule has 4 bridgehead atoms. The molecule has 7 rings (SSSR count). The third-order valence-electron chi connectivity index (χ3n) is 8.97. The fourth-order valence-corrected chi connectivity index (χ4v) is 7.91. The number of anilines is 3. The molecule has 1 unspecified atom stereocenters. The summed E-state index contributed by atoms with van der Waals surface area (Å²) in [4.78, 5) is 44.6. The molecule has 0 radical (unpaired) electrons. The third kappa shape index (κ3) is 4.66. The van der Waals surface area contributed by atoms with E-state index in [1.54, 1.807) is 29.0 Å². The van der Waals surface area contributed by atoms with Crippen molar-refractivity contribution in [3.05, 3.63) is 54.6 Å². The standard InChI is InChI=1S/C30H36N4O4/c1-38-12-11-33-24-9-5-6-10-25(24)34(19-30-16-20-13-21(17-30)15-22(14-20)18-30)28(36)26(27(33)35)32-29(37)31-23-7-3-2-4-8-23/h2-10,20-22,26H,11-19H2,1H3,(H2,31,32,37). The van der Waals surface area contributed by atoms with Crippen LogP contribution in [0.2, 0.25) is 0 Å². The number of urea groups is 1. The molecule has 38 heavy (non-hydrogen) atoms. The van der Waals surface area contributed by atoms with Crippen molar-refractivity contribution in [3.63, 3.8) is 0 Å². The molecule has 1 atom stereocenters. The molecule has 200 valence electrons. The molecular formula is C30H36N4O4. The number of rotatable bonds is 7. The number of carbonyl (C=O) groups excluding carboxylic acids is 3. The minimum Gasteiger partial charge on any atom is -0.383 e. The van der Waals surface area contributed by atoms with E-state index in [4.69, 9.17) is 4.74 Å². The molecule has 4 saturated carbocycles. The topological polar surface area (TPSA) is 91.0 Å². The van der Waals surface area contributed by atoms with E-state index < -0.39 is 18.0 Å². The second-order valence-corrected chi connectivity index (χ2v) is 11.7. The Balaban J connectivity index is 1.34. The zero-order valence-electron chi connectivity index (χ0n) is 21.9. The van der Waals surface area contributed by atoms with Crippen molar-refractivity contribution >= 4 is 34.9 Å². The maximum absolute atomic E-state index is 14.3. The van der Waals surface area contributed by atoms with Crippen LogP contribution in [0, 0.1) is 23.2 Å². The number of nitrogens with one attached hydrogen (secondary N) is 2. The number of nitrogens with zero attached hydrogens (tertiary/aromatic N) is 2. The summed E-state index contributed by atoms with van der Waals surface area (Å²) >= 11 is 0. The van der Waals surface area contributed by atoms with Gasteiger partial charge in [0.2, 0.25) is 0 Å². The SMILES string of the molecule is COCCN1C(=O)C(NC(=O)Nc2ccccc2)C(=O)N(CC23CC4CC(CC(C4)C2)C3)c2ccccc21. The van der Waals surface area contributed by atoms with Crippen LogP contribution >= 0.6 is 0 Å². The zero-order valence-corrected chi connectivity index (χ0v) is 21.9. The molecule has 4 amide bonds. The predicted octanol–water partition coefficient (Wildman–Crippen LogP) is 4.42. The van der Waals surface area contributed by atoms with Crippen molar-refractivity contribution in [2.75, 3.05) is 41.9 Å². The summed E-state index contributed by atoms with van der Waals surface area (Å²) in [7, 11) is 1.59. The number of methoxy groups -OCH3 is 1. The van der Waals surface area contributed by atoms with E-state index in [9.17, 15) is 14.4 Å². The Hall–Kier alpha value is -3.39. The van der Waals surface area contributed by atoms with E-state index in [1.807, 2.05) is 42.5 Å². The summed E-state index contributed by atoms with van der Waals surface area (Å²) in [6.45, 7) is 1.17. The minimum absolute atomic E-state index is 0.0686. The summed E-state index contributed by atoms with van der Waals surface area (Å²) in [6.07, 6.45) is 7.36. The van der Waals surface area contributed by atoms with Crippen molar-refractivity contribution < 1.29 is 19.1 Å². The number of para-hydroxylation sites is 3. The van der Waals surface area contributed by atoms with Gasteiger partial charge in [-0.05, 0) is 86.0 Å². The van der Waals surface area contributed by atoms with Crippen LogP contribution in [0.25, 0.3) is 0 Å². The first-order valence-electron chi connectivity index (χ1n) is 13.8. The van der Waals surface area contributed by atoms with Crippen LogP contribution in [-0.4, -0.2) is 50.7 Å². The number of hydrogen-bond acceptors (Lipinski definition) is 4. The molecule has 1 heterocycles. The summed E-state index contributed by atoms with van der Waals surface area (Å²) in [5, 5.41) is 5.47. The van der Waals surface area contributed by atoms with Gasteiger partial charge in [0.25, 0.3) is 11.8 Å². The summed E-state index contributed by atoms with van der Waals surface area (Å²) in [5.74, 6) is 1.40. The van der Waals surface area contributed by atoms with Crippen molar-refractivity contribution in [2.24, 2.45) is 23.2 Å². The second-order valence-electron chi connectivity index (χ2n) is 11.7. The lowest BCUT2D eigenvalue weighted by molar-refractivity contribution is -0.129. The van der Waals surface area contributed by atoms with Gasteiger partial charge in [0.1, 0.15) is 0 Å². The van der Waals surface area contributed by atoms with E-state index in [0.717, 1.165) is 42.7 Å². The molecular weight excluding hydrogens is 480 g/mol. The van der Waals surface area contributed by atoms with Crippen LogP contribution in [-0.2, 0) is 14.3 Å². The van der Waals surface area contributed by atoms with Gasteiger partial charge in [-0.25, -0.2) is 4.79 Å². The molecule has 0 spiro atoms. The highest BCUT2D eigenvalue weighted by Crippen LogP contribution is 2.60. The van der Waals surface area contributed by atoms with E-state index >= 15 is 0 Å². The van der Waals surface area contributed by atoms with Gasteiger partial charge in [-0.3, -0.25) is 9.59 Å². The molecule has 0 saturated heterocycles. The van der Waals surface area contributed by atoms with E-state index in [-0.39, 0.29) is 17.9 Å². The lowest BCUT2D eigenvalue weighted by Gasteiger charge is -2.57. The van der Waals surface area contributed by atoms with Crippen molar-refractivity contribution in [1.82, 2.24) is 5.32 Å². The van der Waals surface area contributed by atoms with Crippen molar-refractivity contribution in [3.8, 4) is 0 Å². The average molecular weight is 517 g/mol. The highest BCUT2D eigenvalue weighted by atomic mass is 16.5. The number of amides is 4. The van der Waals surface area contributed by atoms with Gasteiger partial charge in [-0.2, -0.15) is 0 Å². The highest BCUT2D eigenvalue weighted by molar-refractivity contribution is 6.21. The highest BCUT2D eigenvalue weighted by Gasteiger charge is 2.53. The molecule has 4 aliphatic carbocycles. The molecule has 2 aromatic rings. The smallest absolute Gasteiger partial charge is 0.320 e. The lowest BCUT2D eigenvalue weighted by Crippen LogP contribution is -2.59. The van der Waals surface area contributed by atoms with Gasteiger partial charge in [-0.1, -0.05) is 30.3 Å². The molecule has 5 aliphatic rings. The fourth-order valence-electron chi connectivity index (χ4n) is 7.91. The summed E-state index contributed by atoms with van der Waals surface area (Å²) in [6, 6.07) is 14.7. The van der Waals surface area contributed by atoms with Crippen LogP contribution in [0.3, 0.4) is 0 Å². The van der Waals surface area contributed by atoms with E-state index in [2.05, 4.69) is 10.6 Å². The monoisotopic (exact) mass is 516 g/mol. The maximum atomic E-state index is 14.3. The molecule has 2 aromatic carbocycles. The fraction of sp³-hybridized carbons (Fsp3) is 0.500. The summed E-state index contributed by atoms with van der Waals surface area (Å²) < 4.78 is 5.30. The Morgan fingerprint density at radius 2 is 1.42 bits per heavy atom. The van der Waals surface area contributed by atoms with Gasteiger partial charge in [0.05, 0.1) is 18.0 Å². The van der Waals surface area contributed by atoms with Crippen LogP contribution in [0.15, 0.2) is 54.6 Å². The molecule has 2 N–H and O–H groups in total. The van der Waals surface area contributed by atoms with Gasteiger partial charge < -0.3 is 25.2 Å². The second kappa shape index (κ2) is 10.1. The number of hydrogen-bond donors (Lipinski definition) is 2. The van der Waals surface area contributed by atoms with Crippen LogP contribution in [0.1, 0.15) is 38.5 Å². The number of benzene rings is 2. The zero-order chi connectivity index (χ0) is 26.3. The van der Waals surface area contributed by atoms with Gasteiger partial charge in [0.15, 0.2) is 6.04 Å². The molecule has 8 heteroatoms. The van der Waals surface area contributed by atoms with Crippen LogP contribution in [0.5, 0.6) is 0 Å². The molecule has 8 nitrogen and oxygen atoms in total. The lowest BCUT2D eigenvalue weighted by atomic mass is 9.49. The summed E-state index contributed by atoms with van der Waals surface area (Å²) in [5.41, 5.74) is 2.06. The largest absolute Gasteiger partial charge is 0.383 e. The Morgan fingerprint density at radius 1 is 0.868 bits per heavy atom. The van der Waals surface area contributed by atoms with Gasteiger partial charge >= 0.3 is 6.03 Å². The number of ether oxygens (including phenoxy) is 1. The average Bonchev–Trinajstić information content (AvgIpc) is 2.97.